The van der Waals surface area contributed by atoms with Crippen LogP contribution in [0.3, 0.4) is 0 Å². The first-order chi connectivity index (χ1) is 15.4. The molecule has 0 aliphatic rings. The summed E-state index contributed by atoms with van der Waals surface area (Å²) in [4.78, 5) is 11.2. The summed E-state index contributed by atoms with van der Waals surface area (Å²) < 4.78 is 255. The molecule has 214 valence electrons. The molecule has 0 radical (unpaired) electrons. The van der Waals surface area contributed by atoms with Gasteiger partial charge in [-0.15, -0.1) is 0 Å². The number of rotatable bonds is 9. The second-order valence-electron chi connectivity index (χ2n) is 6.70. The average molecular weight is 582 g/mol. The summed E-state index contributed by atoms with van der Waals surface area (Å²) in [6.07, 6.45) is -17.4. The molecule has 36 heavy (non-hydrogen) atoms. The highest BCUT2D eigenvalue weighted by Gasteiger charge is 2.96. The number of hydrogen-bond donors (Lipinski definition) is 0. The van der Waals surface area contributed by atoms with E-state index in [1.807, 2.05) is 0 Å². The van der Waals surface area contributed by atoms with Gasteiger partial charge in [0.25, 0.3) is 5.67 Å². The Hall–Kier alpha value is -2.12. The van der Waals surface area contributed by atoms with Crippen LogP contribution in [0.1, 0.15) is 13.8 Å². The van der Waals surface area contributed by atoms with Gasteiger partial charge < -0.3 is 4.74 Å². The fraction of sp³-hybridized carbons (Fsp3) is 0.800. The van der Waals surface area contributed by atoms with E-state index < -0.39 is 77.8 Å². The molecule has 0 aliphatic heterocycles. The van der Waals surface area contributed by atoms with Gasteiger partial charge in [0.15, 0.2) is 0 Å². The molecule has 0 aliphatic carbocycles. The lowest BCUT2D eigenvalue weighted by atomic mass is 9.83. The molecule has 0 rings (SSSR count). The number of alkyl halides is 19. The molecule has 0 bridgehead atoms. The number of allylic oxidation sites excluding steroid dienone is 1. The summed E-state index contributed by atoms with van der Waals surface area (Å²) in [6, 6.07) is 0. The Balaban J connectivity index is 7.27. The molecule has 0 saturated heterocycles. The minimum atomic E-state index is -8.95. The van der Waals surface area contributed by atoms with Crippen LogP contribution in [0.25, 0.3) is 0 Å². The van der Waals surface area contributed by atoms with Gasteiger partial charge in [0.05, 0.1) is 6.61 Å². The fourth-order valence-corrected chi connectivity index (χ4v) is 2.15. The first-order valence-electron chi connectivity index (χ1n) is 8.32. The van der Waals surface area contributed by atoms with Crippen molar-refractivity contribution in [3.63, 3.8) is 0 Å². The van der Waals surface area contributed by atoms with Crippen LogP contribution >= 0.6 is 0 Å². The fourth-order valence-electron chi connectivity index (χ4n) is 2.15. The predicted molar refractivity (Wildman–Crippen MR) is 76.0 cm³/mol. The molecule has 0 N–H and O–H groups in total. The molecular weight excluding hydrogens is 573 g/mol. The topological polar surface area (TPSA) is 26.3 Å². The zero-order valence-corrected chi connectivity index (χ0v) is 16.8. The van der Waals surface area contributed by atoms with Gasteiger partial charge >= 0.3 is 53.9 Å². The standard InChI is InChI=1S/C15H9F19O2/c1-3-36-6(35)5(2)4-7(16,14(29,30)31)8(17,18)9(19,20)10(21,22)11(23,24)12(25,26)13(27,28)15(32,33)34/h4H,3H2,1-2H3. The number of carbonyl (C=O) groups excluding carboxylic acids is 1. The van der Waals surface area contributed by atoms with Crippen molar-refractivity contribution < 1.29 is 92.9 Å². The van der Waals surface area contributed by atoms with Gasteiger partial charge in [0.2, 0.25) is 0 Å². The number of hydrogen-bond acceptors (Lipinski definition) is 2. The molecule has 0 aromatic rings. The van der Waals surface area contributed by atoms with E-state index in [2.05, 4.69) is 4.74 Å². The van der Waals surface area contributed by atoms with Crippen LogP contribution in [0.2, 0.25) is 0 Å². The van der Waals surface area contributed by atoms with Crippen LogP contribution in [0.5, 0.6) is 0 Å². The smallest absolute Gasteiger partial charge is 0.460 e. The van der Waals surface area contributed by atoms with E-state index >= 15 is 0 Å². The molecule has 2 nitrogen and oxygen atoms in total. The van der Waals surface area contributed by atoms with Crippen LogP contribution in [0.15, 0.2) is 11.6 Å². The number of halogens is 19. The van der Waals surface area contributed by atoms with E-state index in [9.17, 15) is 88.2 Å². The van der Waals surface area contributed by atoms with Gasteiger partial charge in [-0.3, -0.25) is 0 Å². The summed E-state index contributed by atoms with van der Waals surface area (Å²) >= 11 is 0. The van der Waals surface area contributed by atoms with Crippen molar-refractivity contribution in [3.05, 3.63) is 11.6 Å². The van der Waals surface area contributed by atoms with Crippen molar-refractivity contribution in [2.45, 2.75) is 67.4 Å². The Kier molecular flexibility index (Phi) is 8.49. The van der Waals surface area contributed by atoms with Gasteiger partial charge in [0.1, 0.15) is 0 Å². The van der Waals surface area contributed by atoms with Crippen molar-refractivity contribution in [1.29, 1.82) is 0 Å². The van der Waals surface area contributed by atoms with E-state index in [4.69, 9.17) is 0 Å². The number of ether oxygens (including phenoxy) is 1. The highest BCUT2D eigenvalue weighted by atomic mass is 19.4. The zero-order chi connectivity index (χ0) is 29.8. The third-order valence-corrected chi connectivity index (χ3v) is 4.21. The lowest BCUT2D eigenvalue weighted by molar-refractivity contribution is -0.462. The summed E-state index contributed by atoms with van der Waals surface area (Å²) in [6.45, 7) is -0.00828. The maximum atomic E-state index is 14.3. The molecule has 0 fully saturated rings. The third kappa shape index (κ3) is 4.53. The van der Waals surface area contributed by atoms with Gasteiger partial charge in [0, 0.05) is 5.57 Å². The molecule has 1 unspecified atom stereocenters. The van der Waals surface area contributed by atoms with Crippen LogP contribution in [0.4, 0.5) is 83.4 Å². The lowest BCUT2D eigenvalue weighted by Gasteiger charge is -2.44. The molecule has 21 heteroatoms. The van der Waals surface area contributed by atoms with E-state index in [1.165, 1.54) is 0 Å². The molecule has 1 atom stereocenters. The maximum Gasteiger partial charge on any atom is 0.460 e. The Morgan fingerprint density at radius 1 is 0.556 bits per heavy atom. The molecule has 0 spiro atoms. The Bertz CT molecular complexity index is 850. The molecule has 0 saturated carbocycles. The van der Waals surface area contributed by atoms with Crippen molar-refractivity contribution in [2.75, 3.05) is 6.61 Å². The van der Waals surface area contributed by atoms with Gasteiger partial charge in [-0.05, 0) is 19.9 Å². The van der Waals surface area contributed by atoms with Gasteiger partial charge in [-0.1, -0.05) is 0 Å². The Morgan fingerprint density at radius 2 is 0.861 bits per heavy atom. The second-order valence-corrected chi connectivity index (χ2v) is 6.70. The van der Waals surface area contributed by atoms with Crippen molar-refractivity contribution in [3.8, 4) is 0 Å². The SMILES string of the molecule is CCOC(=O)C(C)=CC(F)(C(F)(F)F)C(F)(F)C(F)(F)C(F)(F)C(F)(F)C(F)(F)C(F)(F)C(F)(F)F. The van der Waals surface area contributed by atoms with Gasteiger partial charge in [-0.25, -0.2) is 9.18 Å². The van der Waals surface area contributed by atoms with Crippen LogP contribution in [0, 0.1) is 0 Å². The highest BCUT2D eigenvalue weighted by molar-refractivity contribution is 5.88. The molecular formula is C15H9F19O2. The third-order valence-electron chi connectivity index (χ3n) is 4.21. The van der Waals surface area contributed by atoms with Crippen LogP contribution < -0.4 is 0 Å². The van der Waals surface area contributed by atoms with Crippen LogP contribution in [-0.4, -0.2) is 66.1 Å². The maximum absolute atomic E-state index is 14.3. The van der Waals surface area contributed by atoms with Crippen molar-refractivity contribution in [2.24, 2.45) is 0 Å². The largest absolute Gasteiger partial charge is 0.463 e. The van der Waals surface area contributed by atoms with Crippen molar-refractivity contribution >= 4 is 5.97 Å². The quantitative estimate of drug-likeness (QED) is 0.164. The minimum absolute atomic E-state index is 0.0862. The van der Waals surface area contributed by atoms with Crippen molar-refractivity contribution in [1.82, 2.24) is 0 Å². The summed E-state index contributed by atoms with van der Waals surface area (Å²) in [5, 5.41) is 0. The van der Waals surface area contributed by atoms with Crippen LogP contribution in [-0.2, 0) is 9.53 Å². The molecule has 0 heterocycles. The zero-order valence-electron chi connectivity index (χ0n) is 16.8. The molecule has 0 aromatic carbocycles. The predicted octanol–water partition coefficient (Wildman–Crippen LogP) is 7.14. The van der Waals surface area contributed by atoms with E-state index in [-0.39, 0.29) is 6.92 Å². The van der Waals surface area contributed by atoms with E-state index in [0.29, 0.717) is 0 Å². The van der Waals surface area contributed by atoms with E-state index in [0.717, 1.165) is 6.92 Å². The van der Waals surface area contributed by atoms with E-state index in [1.54, 1.807) is 0 Å². The Morgan fingerprint density at radius 3 is 1.14 bits per heavy atom. The number of esters is 1. The average Bonchev–Trinajstić information content (AvgIpc) is 2.65. The normalized spacial score (nSPS) is 17.6. The summed E-state index contributed by atoms with van der Waals surface area (Å²) in [5.41, 5.74) is -9.39. The lowest BCUT2D eigenvalue weighted by Crippen LogP contribution is -2.76. The number of carbonyl (C=O) groups is 1. The summed E-state index contributed by atoms with van der Waals surface area (Å²) in [5.74, 6) is -54.4. The molecule has 0 amide bonds. The monoisotopic (exact) mass is 582 g/mol. The van der Waals surface area contributed by atoms with Gasteiger partial charge in [-0.2, -0.15) is 79.0 Å². The first-order valence-corrected chi connectivity index (χ1v) is 8.32. The molecule has 0 aromatic heterocycles. The minimum Gasteiger partial charge on any atom is -0.463 e. The second kappa shape index (κ2) is 9.02. The Labute approximate surface area is 186 Å². The first kappa shape index (κ1) is 33.9. The highest BCUT2D eigenvalue weighted by Crippen LogP contribution is 2.65. The summed E-state index contributed by atoms with van der Waals surface area (Å²) in [7, 11) is 0.